The van der Waals surface area contributed by atoms with E-state index in [2.05, 4.69) is 9.97 Å². The van der Waals surface area contributed by atoms with E-state index in [1.165, 1.54) is 6.92 Å². The number of ketones is 1. The molecule has 0 spiro atoms. The van der Waals surface area contributed by atoms with Crippen LogP contribution in [0.3, 0.4) is 0 Å². The summed E-state index contributed by atoms with van der Waals surface area (Å²) in [4.78, 5) is 36.1. The number of thiazole rings is 1. The number of carbonyl (C=O) groups is 1. The highest BCUT2D eigenvalue weighted by atomic mass is 32.1. The number of nitrogens with zero attached hydrogens (tertiary/aromatic N) is 4. The fourth-order valence-corrected chi connectivity index (χ4v) is 4.95. The number of aryl methyl sites for hydroxylation is 2. The summed E-state index contributed by atoms with van der Waals surface area (Å²) in [7, 11) is 0. The predicted molar refractivity (Wildman–Crippen MR) is 113 cm³/mol. The van der Waals surface area contributed by atoms with Gasteiger partial charge < -0.3 is 4.90 Å². The lowest BCUT2D eigenvalue weighted by molar-refractivity contribution is -0.141. The predicted octanol–water partition coefficient (Wildman–Crippen LogP) is 3.89. The molecule has 0 N–H and O–H groups in total. The highest BCUT2D eigenvalue weighted by Gasteiger charge is 2.34. The van der Waals surface area contributed by atoms with Gasteiger partial charge in [-0.05, 0) is 31.7 Å². The molecule has 164 valence electrons. The molecular weight excluding hydrogens is 429 g/mol. The molecule has 1 aliphatic rings. The van der Waals surface area contributed by atoms with Crippen LogP contribution in [0.2, 0.25) is 0 Å². The first-order chi connectivity index (χ1) is 14.7. The van der Waals surface area contributed by atoms with Crippen molar-refractivity contribution in [3.63, 3.8) is 0 Å². The lowest BCUT2D eigenvalue weighted by Gasteiger charge is -2.22. The molecule has 0 saturated carbocycles. The maximum Gasteiger partial charge on any atom is 0.406 e. The third kappa shape index (κ3) is 4.63. The fourth-order valence-electron chi connectivity index (χ4n) is 3.90. The van der Waals surface area contributed by atoms with E-state index < -0.39 is 18.3 Å². The maximum absolute atomic E-state index is 12.9. The Balaban J connectivity index is 1.58. The van der Waals surface area contributed by atoms with Crippen LogP contribution in [-0.2, 0) is 17.8 Å². The maximum atomic E-state index is 12.9. The van der Waals surface area contributed by atoms with Gasteiger partial charge >= 0.3 is 6.18 Å². The van der Waals surface area contributed by atoms with Gasteiger partial charge in [0, 0.05) is 13.0 Å². The third-order valence-electron chi connectivity index (χ3n) is 5.41. The van der Waals surface area contributed by atoms with Crippen molar-refractivity contribution in [3.05, 3.63) is 52.1 Å². The Morgan fingerprint density at radius 3 is 2.68 bits per heavy atom. The van der Waals surface area contributed by atoms with Crippen LogP contribution in [0.1, 0.15) is 30.7 Å². The minimum atomic E-state index is -4.53. The van der Waals surface area contributed by atoms with Crippen molar-refractivity contribution >= 4 is 32.6 Å². The van der Waals surface area contributed by atoms with E-state index >= 15 is 0 Å². The molecule has 0 aliphatic carbocycles. The standard InChI is InChI=1S/C21H21F3N4O2S/c1-13-25-18-17(19(30)28(13)12-21(22,23)24)26-20(31-18)27-11-5-8-15(27)16(29)10-9-14-6-3-2-4-7-14/h2-4,6-7,15H,5,8-12H2,1H3/t15-/m1/s1. The van der Waals surface area contributed by atoms with Gasteiger partial charge in [0.2, 0.25) is 0 Å². The van der Waals surface area contributed by atoms with Gasteiger partial charge in [0.15, 0.2) is 21.3 Å². The van der Waals surface area contributed by atoms with Crippen molar-refractivity contribution in [2.24, 2.45) is 0 Å². The first-order valence-corrected chi connectivity index (χ1v) is 10.8. The van der Waals surface area contributed by atoms with Crippen molar-refractivity contribution in [2.75, 3.05) is 11.4 Å². The zero-order chi connectivity index (χ0) is 22.2. The second-order valence-electron chi connectivity index (χ2n) is 7.62. The SMILES string of the molecule is Cc1nc2sc(N3CCC[C@@H]3C(=O)CCc3ccccc3)nc2c(=O)n1CC(F)(F)F. The van der Waals surface area contributed by atoms with Crippen molar-refractivity contribution in [1.29, 1.82) is 0 Å². The van der Waals surface area contributed by atoms with Gasteiger partial charge in [0.25, 0.3) is 5.56 Å². The average Bonchev–Trinajstić information content (AvgIpc) is 3.36. The van der Waals surface area contributed by atoms with E-state index in [4.69, 9.17) is 0 Å². The molecule has 31 heavy (non-hydrogen) atoms. The number of alkyl halides is 3. The summed E-state index contributed by atoms with van der Waals surface area (Å²) >= 11 is 1.14. The van der Waals surface area contributed by atoms with Crippen molar-refractivity contribution in [3.8, 4) is 0 Å². The second-order valence-corrected chi connectivity index (χ2v) is 8.57. The molecular formula is C21H21F3N4O2S. The van der Waals surface area contributed by atoms with Crippen molar-refractivity contribution in [1.82, 2.24) is 14.5 Å². The average molecular weight is 450 g/mol. The van der Waals surface area contributed by atoms with Crippen LogP contribution >= 0.6 is 11.3 Å². The van der Waals surface area contributed by atoms with Crippen molar-refractivity contribution < 1.29 is 18.0 Å². The number of halogens is 3. The van der Waals surface area contributed by atoms with Crippen LogP contribution < -0.4 is 10.5 Å². The summed E-state index contributed by atoms with van der Waals surface area (Å²) in [6, 6.07) is 9.41. The molecule has 3 aromatic rings. The quantitative estimate of drug-likeness (QED) is 0.570. The van der Waals surface area contributed by atoms with Gasteiger partial charge in [-0.2, -0.15) is 13.2 Å². The Morgan fingerprint density at radius 1 is 1.23 bits per heavy atom. The van der Waals surface area contributed by atoms with Crippen LogP contribution in [0, 0.1) is 6.92 Å². The monoisotopic (exact) mass is 450 g/mol. The summed E-state index contributed by atoms with van der Waals surface area (Å²) in [5.41, 5.74) is 0.191. The molecule has 1 fully saturated rings. The smallest absolute Gasteiger partial charge is 0.338 e. The summed E-state index contributed by atoms with van der Waals surface area (Å²) in [5, 5.41) is 0.458. The Kier molecular flexibility index (Phi) is 5.83. The Morgan fingerprint density at radius 2 is 1.97 bits per heavy atom. The zero-order valence-corrected chi connectivity index (χ0v) is 17.7. The largest absolute Gasteiger partial charge is 0.406 e. The molecule has 0 amide bonds. The van der Waals surface area contributed by atoms with E-state index in [1.54, 1.807) is 0 Å². The molecule has 2 aromatic heterocycles. The van der Waals surface area contributed by atoms with Crippen LogP contribution in [0.15, 0.2) is 35.1 Å². The number of fused-ring (bicyclic) bond motifs is 1. The van der Waals surface area contributed by atoms with Gasteiger partial charge in [0.05, 0.1) is 6.04 Å². The van der Waals surface area contributed by atoms with E-state index in [0.29, 0.717) is 40.3 Å². The molecule has 1 aromatic carbocycles. The zero-order valence-electron chi connectivity index (χ0n) is 16.9. The van der Waals surface area contributed by atoms with Crippen LogP contribution in [-0.4, -0.2) is 39.1 Å². The Labute approximate surface area is 180 Å². The molecule has 1 aliphatic heterocycles. The Bertz CT molecular complexity index is 1160. The fraction of sp³-hybridized carbons (Fsp3) is 0.429. The highest BCUT2D eigenvalue weighted by Crippen LogP contribution is 2.32. The molecule has 1 atom stereocenters. The van der Waals surface area contributed by atoms with Gasteiger partial charge in [-0.1, -0.05) is 41.7 Å². The molecule has 4 rings (SSSR count). The number of Topliss-reactive ketones (excluding diaryl/α,β-unsaturated/α-hetero) is 1. The molecule has 3 heterocycles. The minimum absolute atomic E-state index is 0.0121. The van der Waals surface area contributed by atoms with Crippen molar-refractivity contribution in [2.45, 2.75) is 51.4 Å². The Hall–Kier alpha value is -2.75. The van der Waals surface area contributed by atoms with Gasteiger partial charge in [-0.15, -0.1) is 0 Å². The number of benzene rings is 1. The number of carbonyl (C=O) groups excluding carboxylic acids is 1. The lowest BCUT2D eigenvalue weighted by atomic mass is 10.0. The van der Waals surface area contributed by atoms with E-state index in [-0.39, 0.29) is 23.2 Å². The number of hydrogen-bond donors (Lipinski definition) is 0. The lowest BCUT2D eigenvalue weighted by Crippen LogP contribution is -2.36. The normalized spacial score (nSPS) is 16.9. The molecule has 0 bridgehead atoms. The van der Waals surface area contributed by atoms with Crippen LogP contribution in [0.4, 0.5) is 18.3 Å². The van der Waals surface area contributed by atoms with E-state index in [0.717, 1.165) is 23.3 Å². The molecule has 1 saturated heterocycles. The summed E-state index contributed by atoms with van der Waals surface area (Å²) < 4.78 is 39.1. The molecule has 6 nitrogen and oxygen atoms in total. The highest BCUT2D eigenvalue weighted by molar-refractivity contribution is 7.21. The number of anilines is 1. The van der Waals surface area contributed by atoms with E-state index in [9.17, 15) is 22.8 Å². The van der Waals surface area contributed by atoms with Gasteiger partial charge in [-0.3, -0.25) is 14.2 Å². The van der Waals surface area contributed by atoms with Crippen LogP contribution in [0.5, 0.6) is 0 Å². The molecule has 10 heteroatoms. The third-order valence-corrected chi connectivity index (χ3v) is 6.40. The summed E-state index contributed by atoms with van der Waals surface area (Å²) in [6.07, 6.45) is -2.00. The molecule has 0 radical (unpaired) electrons. The van der Waals surface area contributed by atoms with Gasteiger partial charge in [0.1, 0.15) is 12.4 Å². The minimum Gasteiger partial charge on any atom is -0.338 e. The van der Waals surface area contributed by atoms with E-state index in [1.807, 2.05) is 35.2 Å². The second kappa shape index (κ2) is 8.41. The van der Waals surface area contributed by atoms with Crippen LogP contribution in [0.25, 0.3) is 10.3 Å². The number of hydrogen-bond acceptors (Lipinski definition) is 6. The summed E-state index contributed by atoms with van der Waals surface area (Å²) in [5.74, 6) is 0.0844. The van der Waals surface area contributed by atoms with Gasteiger partial charge in [-0.25, -0.2) is 9.97 Å². The first kappa shape index (κ1) is 21.5. The first-order valence-electron chi connectivity index (χ1n) is 10.0. The topological polar surface area (TPSA) is 68.1 Å². The number of aromatic nitrogens is 3. The molecule has 0 unspecified atom stereocenters. The summed E-state index contributed by atoms with van der Waals surface area (Å²) in [6.45, 7) is 0.576. The number of rotatable bonds is 6.